The number of aliphatic hydroxyl groups is 2. The summed E-state index contributed by atoms with van der Waals surface area (Å²) >= 11 is 0. The summed E-state index contributed by atoms with van der Waals surface area (Å²) in [5.74, 6) is 0.838. The Kier molecular flexibility index (Phi) is 3.42. The predicted molar refractivity (Wildman–Crippen MR) is 85.8 cm³/mol. The van der Waals surface area contributed by atoms with E-state index in [9.17, 15) is 5.11 Å². The molecule has 1 saturated carbocycles. The van der Waals surface area contributed by atoms with Crippen LogP contribution in [0.5, 0.6) is 0 Å². The number of nitrogen functional groups attached to an aromatic ring is 1. The zero-order valence-corrected chi connectivity index (χ0v) is 12.6. The smallest absolute Gasteiger partial charge is 0.224 e. The molecular weight excluding hydrogens is 296 g/mol. The number of aliphatic hydroxyl groups excluding tert-OH is 2. The monoisotopic (exact) mass is 316 g/mol. The van der Waals surface area contributed by atoms with Gasteiger partial charge in [-0.25, -0.2) is 4.98 Å². The molecule has 0 amide bonds. The average Bonchev–Trinajstić information content (AvgIpc) is 3.06. The summed E-state index contributed by atoms with van der Waals surface area (Å²) < 4.78 is 1.95. The minimum Gasteiger partial charge on any atom is -0.394 e. The van der Waals surface area contributed by atoms with E-state index >= 15 is 0 Å². The van der Waals surface area contributed by atoms with Crippen molar-refractivity contribution in [1.82, 2.24) is 19.5 Å². The second kappa shape index (κ2) is 5.47. The van der Waals surface area contributed by atoms with Crippen molar-refractivity contribution in [2.75, 3.05) is 17.7 Å². The van der Waals surface area contributed by atoms with Crippen LogP contribution in [0.25, 0.3) is 11.2 Å². The van der Waals surface area contributed by atoms with Crippen LogP contribution in [0.4, 0.5) is 11.8 Å². The van der Waals surface area contributed by atoms with E-state index in [2.05, 4.69) is 20.3 Å². The van der Waals surface area contributed by atoms with Crippen molar-refractivity contribution >= 4 is 22.9 Å². The third kappa shape index (κ3) is 2.64. The van der Waals surface area contributed by atoms with Crippen molar-refractivity contribution in [1.29, 1.82) is 0 Å². The molecule has 2 aliphatic carbocycles. The Hall–Kier alpha value is -2.19. The van der Waals surface area contributed by atoms with E-state index in [1.165, 1.54) is 0 Å². The Bertz CT molecular complexity index is 754. The standard InChI is InChI=1S/C15H20N6O2/c16-15-19-13(18-9-2-3-9)12-14(20-15)21(7-17-12)10-4-1-8(5-10)11(23)6-22/h1,4,7-11,22-23H,2-3,5-6H2,(H3,16,18,19,20)/t8-,10+,11-/m1/s1. The first-order chi connectivity index (χ1) is 11.2. The molecule has 0 aromatic carbocycles. The summed E-state index contributed by atoms with van der Waals surface area (Å²) in [7, 11) is 0. The van der Waals surface area contributed by atoms with Crippen LogP contribution in [0.2, 0.25) is 0 Å². The number of nitrogens with zero attached hydrogens (tertiary/aromatic N) is 4. The van der Waals surface area contributed by atoms with E-state index < -0.39 is 6.10 Å². The minimum absolute atomic E-state index is 0.0364. The van der Waals surface area contributed by atoms with E-state index in [1.807, 2.05) is 16.7 Å². The van der Waals surface area contributed by atoms with Crippen molar-refractivity contribution in [2.24, 2.45) is 5.92 Å². The van der Waals surface area contributed by atoms with E-state index in [-0.39, 0.29) is 24.5 Å². The number of hydrogen-bond acceptors (Lipinski definition) is 7. The highest BCUT2D eigenvalue weighted by Gasteiger charge is 2.28. The number of rotatable bonds is 5. The molecule has 1 fully saturated rings. The summed E-state index contributed by atoms with van der Waals surface area (Å²) in [6.07, 6.45) is 7.92. The Labute approximate surface area is 133 Å². The molecule has 2 heterocycles. The van der Waals surface area contributed by atoms with Gasteiger partial charge in [0.1, 0.15) is 0 Å². The highest BCUT2D eigenvalue weighted by Crippen LogP contribution is 2.34. The molecule has 0 unspecified atom stereocenters. The molecule has 0 saturated heterocycles. The van der Waals surface area contributed by atoms with E-state index in [1.54, 1.807) is 6.33 Å². The molecule has 5 N–H and O–H groups in total. The molecule has 0 spiro atoms. The Morgan fingerprint density at radius 1 is 1.35 bits per heavy atom. The van der Waals surface area contributed by atoms with Crippen LogP contribution in [-0.2, 0) is 0 Å². The lowest BCUT2D eigenvalue weighted by molar-refractivity contribution is 0.0605. The topological polar surface area (TPSA) is 122 Å². The molecule has 0 radical (unpaired) electrons. The zero-order valence-electron chi connectivity index (χ0n) is 12.6. The Balaban J connectivity index is 1.66. The lowest BCUT2D eigenvalue weighted by Crippen LogP contribution is -2.22. The van der Waals surface area contributed by atoms with Crippen molar-refractivity contribution in [2.45, 2.75) is 37.5 Å². The Morgan fingerprint density at radius 2 is 2.17 bits per heavy atom. The van der Waals surface area contributed by atoms with Crippen LogP contribution in [-0.4, -0.2) is 48.5 Å². The SMILES string of the molecule is Nc1nc(NC2CC2)c2ncn([C@H]3C=C[C@@H]([C@H](O)CO)C3)c2n1. The number of nitrogens with one attached hydrogen (secondary N) is 1. The summed E-state index contributed by atoms with van der Waals surface area (Å²) in [6, 6.07) is 0.488. The van der Waals surface area contributed by atoms with Gasteiger partial charge in [0.05, 0.1) is 25.1 Å². The lowest BCUT2D eigenvalue weighted by Gasteiger charge is -2.17. The fourth-order valence-corrected chi connectivity index (χ4v) is 3.03. The Morgan fingerprint density at radius 3 is 2.91 bits per heavy atom. The van der Waals surface area contributed by atoms with Gasteiger partial charge in [0, 0.05) is 12.0 Å². The van der Waals surface area contributed by atoms with Crippen LogP contribution in [0.15, 0.2) is 18.5 Å². The zero-order chi connectivity index (χ0) is 16.0. The maximum Gasteiger partial charge on any atom is 0.224 e. The van der Waals surface area contributed by atoms with Crippen molar-refractivity contribution in [3.8, 4) is 0 Å². The number of imidazole rings is 1. The second-order valence-electron chi connectivity index (χ2n) is 6.27. The van der Waals surface area contributed by atoms with Gasteiger partial charge in [0.25, 0.3) is 0 Å². The first kappa shape index (κ1) is 14.4. The minimum atomic E-state index is -0.738. The molecular formula is C15H20N6O2. The van der Waals surface area contributed by atoms with E-state index in [0.29, 0.717) is 29.4 Å². The molecule has 8 heteroatoms. The van der Waals surface area contributed by atoms with Gasteiger partial charge in [0.2, 0.25) is 5.95 Å². The number of aromatic nitrogens is 4. The number of anilines is 2. The highest BCUT2D eigenvalue weighted by molar-refractivity contribution is 5.84. The second-order valence-corrected chi connectivity index (χ2v) is 6.27. The first-order valence-electron chi connectivity index (χ1n) is 7.89. The summed E-state index contributed by atoms with van der Waals surface area (Å²) in [5.41, 5.74) is 7.25. The molecule has 0 aliphatic heterocycles. The maximum atomic E-state index is 9.80. The van der Waals surface area contributed by atoms with Gasteiger partial charge in [-0.2, -0.15) is 9.97 Å². The molecule has 0 bridgehead atoms. The van der Waals surface area contributed by atoms with Crippen LogP contribution < -0.4 is 11.1 Å². The summed E-state index contributed by atoms with van der Waals surface area (Å²) in [4.78, 5) is 13.1. The van der Waals surface area contributed by atoms with Gasteiger partial charge >= 0.3 is 0 Å². The molecule has 2 aromatic heterocycles. The van der Waals surface area contributed by atoms with E-state index in [0.717, 1.165) is 12.8 Å². The van der Waals surface area contributed by atoms with Gasteiger partial charge < -0.3 is 25.8 Å². The molecule has 2 aliphatic rings. The molecule has 3 atom stereocenters. The quantitative estimate of drug-likeness (QED) is 0.591. The molecule has 4 rings (SSSR count). The number of hydrogen-bond donors (Lipinski definition) is 4. The van der Waals surface area contributed by atoms with Crippen LogP contribution in [0.3, 0.4) is 0 Å². The van der Waals surface area contributed by atoms with Gasteiger partial charge in [-0.05, 0) is 19.3 Å². The average molecular weight is 316 g/mol. The van der Waals surface area contributed by atoms with Crippen LogP contribution in [0.1, 0.15) is 25.3 Å². The third-order valence-corrected chi connectivity index (χ3v) is 4.49. The van der Waals surface area contributed by atoms with Gasteiger partial charge in [-0.15, -0.1) is 0 Å². The largest absolute Gasteiger partial charge is 0.394 e. The highest BCUT2D eigenvalue weighted by atomic mass is 16.3. The van der Waals surface area contributed by atoms with Gasteiger partial charge in [-0.1, -0.05) is 12.2 Å². The third-order valence-electron chi connectivity index (χ3n) is 4.49. The maximum absolute atomic E-state index is 9.80. The van der Waals surface area contributed by atoms with Crippen LogP contribution >= 0.6 is 0 Å². The number of allylic oxidation sites excluding steroid dienone is 1. The normalized spacial score (nSPS) is 25.1. The number of fused-ring (bicyclic) bond motifs is 1. The summed E-state index contributed by atoms with van der Waals surface area (Å²) in [5, 5.41) is 22.2. The van der Waals surface area contributed by atoms with Gasteiger partial charge in [0.15, 0.2) is 17.0 Å². The summed E-state index contributed by atoms with van der Waals surface area (Å²) in [6.45, 7) is -0.239. The van der Waals surface area contributed by atoms with Crippen molar-refractivity contribution in [3.05, 3.63) is 18.5 Å². The molecule has 2 aromatic rings. The number of nitrogens with two attached hydrogens (primary N) is 1. The molecule has 23 heavy (non-hydrogen) atoms. The fourth-order valence-electron chi connectivity index (χ4n) is 3.03. The van der Waals surface area contributed by atoms with Crippen molar-refractivity contribution < 1.29 is 10.2 Å². The first-order valence-corrected chi connectivity index (χ1v) is 7.89. The lowest BCUT2D eigenvalue weighted by atomic mass is 10.0. The van der Waals surface area contributed by atoms with Gasteiger partial charge in [-0.3, -0.25) is 0 Å². The fraction of sp³-hybridized carbons (Fsp3) is 0.533. The van der Waals surface area contributed by atoms with E-state index in [4.69, 9.17) is 10.8 Å². The molecule has 122 valence electrons. The van der Waals surface area contributed by atoms with Crippen LogP contribution in [0, 0.1) is 5.92 Å². The van der Waals surface area contributed by atoms with Crippen molar-refractivity contribution in [3.63, 3.8) is 0 Å². The molecule has 8 nitrogen and oxygen atoms in total. The predicted octanol–water partition coefficient (Wildman–Crippen LogP) is 0.453.